The van der Waals surface area contributed by atoms with Gasteiger partial charge in [-0.25, -0.2) is 4.98 Å². The monoisotopic (exact) mass is 411 g/mol. The Morgan fingerprint density at radius 2 is 1.97 bits per heavy atom. The molecule has 0 saturated carbocycles. The van der Waals surface area contributed by atoms with Crippen molar-refractivity contribution in [2.24, 2.45) is 0 Å². The SMILES string of the molecule is CCC[NH+](Cc1nnc(-c2ccco2)o1)Cc1cc2ccc(C)c(C)c2nc1Cl. The molecule has 29 heavy (non-hydrogen) atoms. The van der Waals surface area contributed by atoms with Crippen LogP contribution in [0.1, 0.15) is 35.9 Å². The van der Waals surface area contributed by atoms with Crippen molar-refractivity contribution in [1.82, 2.24) is 15.2 Å². The molecule has 3 aromatic heterocycles. The maximum absolute atomic E-state index is 6.56. The molecule has 0 aliphatic carbocycles. The molecular weight excluding hydrogens is 388 g/mol. The Kier molecular flexibility index (Phi) is 5.65. The van der Waals surface area contributed by atoms with Gasteiger partial charge in [-0.15, -0.1) is 10.2 Å². The van der Waals surface area contributed by atoms with Gasteiger partial charge in [-0.3, -0.25) is 0 Å². The lowest BCUT2D eigenvalue weighted by atomic mass is 10.0. The van der Waals surface area contributed by atoms with Crippen molar-refractivity contribution >= 4 is 22.5 Å². The van der Waals surface area contributed by atoms with Gasteiger partial charge in [0.2, 0.25) is 0 Å². The number of quaternary nitrogens is 1. The highest BCUT2D eigenvalue weighted by Crippen LogP contribution is 2.24. The Balaban J connectivity index is 1.57. The van der Waals surface area contributed by atoms with E-state index >= 15 is 0 Å². The summed E-state index contributed by atoms with van der Waals surface area (Å²) < 4.78 is 11.1. The predicted octanol–water partition coefficient (Wildman–Crippen LogP) is 4.14. The second-order valence-corrected chi connectivity index (χ2v) is 7.71. The molecular formula is C22H24ClN4O2+. The number of aromatic nitrogens is 3. The smallest absolute Gasteiger partial charge is 0.283 e. The highest BCUT2D eigenvalue weighted by Gasteiger charge is 2.19. The highest BCUT2D eigenvalue weighted by molar-refractivity contribution is 6.30. The van der Waals surface area contributed by atoms with Crippen LogP contribution in [0.5, 0.6) is 0 Å². The molecule has 3 heterocycles. The Morgan fingerprint density at radius 3 is 2.72 bits per heavy atom. The van der Waals surface area contributed by atoms with E-state index in [0.717, 1.165) is 36.0 Å². The van der Waals surface area contributed by atoms with Crippen LogP contribution in [0.4, 0.5) is 0 Å². The number of benzene rings is 1. The van der Waals surface area contributed by atoms with Gasteiger partial charge >= 0.3 is 0 Å². The predicted molar refractivity (Wildman–Crippen MR) is 112 cm³/mol. The topological polar surface area (TPSA) is 69.4 Å². The van der Waals surface area contributed by atoms with Crippen LogP contribution < -0.4 is 4.90 Å². The fourth-order valence-corrected chi connectivity index (χ4v) is 3.73. The van der Waals surface area contributed by atoms with Gasteiger partial charge in [-0.1, -0.05) is 30.7 Å². The molecule has 0 aliphatic heterocycles. The fraction of sp³-hybridized carbons (Fsp3) is 0.318. The Hall–Kier alpha value is -2.70. The summed E-state index contributed by atoms with van der Waals surface area (Å²) in [5, 5.41) is 9.95. The second-order valence-electron chi connectivity index (χ2n) is 7.35. The van der Waals surface area contributed by atoms with E-state index in [9.17, 15) is 0 Å². The Bertz CT molecular complexity index is 1120. The molecule has 0 saturated heterocycles. The average molecular weight is 412 g/mol. The van der Waals surface area contributed by atoms with Crippen LogP contribution in [-0.4, -0.2) is 21.7 Å². The lowest BCUT2D eigenvalue weighted by Crippen LogP contribution is -3.09. The number of rotatable bonds is 7. The van der Waals surface area contributed by atoms with Gasteiger partial charge in [0.25, 0.3) is 11.8 Å². The summed E-state index contributed by atoms with van der Waals surface area (Å²) in [6.07, 6.45) is 2.62. The standard InChI is InChI=1S/C22H23ClN4O2/c1-4-9-27(13-19-25-26-22(29-19)18-6-5-10-28-18)12-17-11-16-8-7-14(2)15(3)20(16)24-21(17)23/h5-8,10-11H,4,9,12-13H2,1-3H3/p+1. The third-order valence-corrected chi connectivity index (χ3v) is 5.51. The van der Waals surface area contributed by atoms with E-state index in [1.165, 1.54) is 16.0 Å². The molecule has 0 bridgehead atoms. The van der Waals surface area contributed by atoms with Crippen molar-refractivity contribution in [2.75, 3.05) is 6.54 Å². The first kappa shape index (κ1) is 19.6. The minimum absolute atomic E-state index is 0.400. The molecule has 0 amide bonds. The number of fused-ring (bicyclic) bond motifs is 1. The molecule has 1 N–H and O–H groups in total. The van der Waals surface area contributed by atoms with E-state index in [-0.39, 0.29) is 0 Å². The zero-order valence-electron chi connectivity index (χ0n) is 16.8. The summed E-state index contributed by atoms with van der Waals surface area (Å²) in [5.41, 5.74) is 4.38. The van der Waals surface area contributed by atoms with E-state index in [0.29, 0.717) is 29.2 Å². The largest absolute Gasteiger partial charge is 0.459 e. The molecule has 0 fully saturated rings. The first-order chi connectivity index (χ1) is 14.0. The van der Waals surface area contributed by atoms with Crippen LogP contribution in [0.25, 0.3) is 22.6 Å². The molecule has 4 aromatic rings. The third-order valence-electron chi connectivity index (χ3n) is 5.18. The summed E-state index contributed by atoms with van der Waals surface area (Å²) in [6.45, 7) is 8.65. The van der Waals surface area contributed by atoms with Crippen molar-refractivity contribution in [1.29, 1.82) is 0 Å². The minimum Gasteiger partial charge on any atom is -0.459 e. The quantitative estimate of drug-likeness (QED) is 0.463. The number of halogens is 1. The van der Waals surface area contributed by atoms with Crippen LogP contribution in [0, 0.1) is 13.8 Å². The molecule has 4 rings (SSSR count). The van der Waals surface area contributed by atoms with Crippen LogP contribution in [-0.2, 0) is 13.1 Å². The van der Waals surface area contributed by atoms with Gasteiger partial charge in [0.1, 0.15) is 11.7 Å². The summed E-state index contributed by atoms with van der Waals surface area (Å²) in [4.78, 5) is 5.97. The third kappa shape index (κ3) is 4.18. The van der Waals surface area contributed by atoms with Gasteiger partial charge in [-0.05, 0) is 49.6 Å². The first-order valence-corrected chi connectivity index (χ1v) is 10.2. The Labute approximate surface area is 174 Å². The number of nitrogens with one attached hydrogen (secondary N) is 1. The first-order valence-electron chi connectivity index (χ1n) is 9.80. The molecule has 7 heteroatoms. The molecule has 0 spiro atoms. The van der Waals surface area contributed by atoms with E-state index in [1.807, 2.05) is 0 Å². The van der Waals surface area contributed by atoms with Gasteiger partial charge in [0, 0.05) is 10.9 Å². The van der Waals surface area contributed by atoms with E-state index in [1.54, 1.807) is 18.4 Å². The molecule has 1 aromatic carbocycles. The zero-order valence-corrected chi connectivity index (χ0v) is 17.6. The molecule has 1 unspecified atom stereocenters. The Morgan fingerprint density at radius 1 is 1.10 bits per heavy atom. The maximum atomic E-state index is 6.56. The summed E-state index contributed by atoms with van der Waals surface area (Å²) in [7, 11) is 0. The second kappa shape index (κ2) is 8.35. The van der Waals surface area contributed by atoms with Crippen LogP contribution in [0.15, 0.2) is 45.4 Å². The number of hydrogen-bond acceptors (Lipinski definition) is 5. The van der Waals surface area contributed by atoms with Crippen LogP contribution in [0.2, 0.25) is 5.15 Å². The summed E-state index contributed by atoms with van der Waals surface area (Å²) in [5.74, 6) is 1.56. The number of aryl methyl sites for hydroxylation is 2. The zero-order chi connectivity index (χ0) is 20.4. The lowest BCUT2D eigenvalue weighted by Gasteiger charge is -2.18. The normalized spacial score (nSPS) is 12.6. The number of nitrogens with zero attached hydrogens (tertiary/aromatic N) is 3. The molecule has 150 valence electrons. The van der Waals surface area contributed by atoms with Crippen molar-refractivity contribution in [3.63, 3.8) is 0 Å². The summed E-state index contributed by atoms with van der Waals surface area (Å²) in [6, 6.07) is 9.98. The van der Waals surface area contributed by atoms with Crippen LogP contribution in [0.3, 0.4) is 0 Å². The fourth-order valence-electron chi connectivity index (χ4n) is 3.53. The van der Waals surface area contributed by atoms with Gasteiger partial charge in [0.05, 0.1) is 18.3 Å². The number of hydrogen-bond donors (Lipinski definition) is 1. The van der Waals surface area contributed by atoms with Crippen LogP contribution >= 0.6 is 11.6 Å². The minimum atomic E-state index is 0.400. The van der Waals surface area contributed by atoms with Gasteiger partial charge < -0.3 is 13.7 Å². The van der Waals surface area contributed by atoms with E-state index in [2.05, 4.69) is 54.2 Å². The highest BCUT2D eigenvalue weighted by atomic mass is 35.5. The van der Waals surface area contributed by atoms with Crippen molar-refractivity contribution in [3.05, 3.63) is 64.3 Å². The van der Waals surface area contributed by atoms with E-state index in [4.69, 9.17) is 20.4 Å². The lowest BCUT2D eigenvalue weighted by molar-refractivity contribution is -0.928. The molecule has 6 nitrogen and oxygen atoms in total. The molecule has 0 radical (unpaired) electrons. The molecule has 1 atom stereocenters. The summed E-state index contributed by atoms with van der Waals surface area (Å²) >= 11 is 6.56. The van der Waals surface area contributed by atoms with E-state index < -0.39 is 0 Å². The van der Waals surface area contributed by atoms with Crippen molar-refractivity contribution < 1.29 is 13.7 Å². The number of pyridine rings is 1. The van der Waals surface area contributed by atoms with Crippen molar-refractivity contribution in [2.45, 2.75) is 40.3 Å². The molecule has 0 aliphatic rings. The van der Waals surface area contributed by atoms with Crippen molar-refractivity contribution in [3.8, 4) is 11.7 Å². The number of furan rings is 1. The average Bonchev–Trinajstić information content (AvgIpc) is 3.38. The van der Waals surface area contributed by atoms with Gasteiger partial charge in [-0.2, -0.15) is 0 Å². The maximum Gasteiger partial charge on any atom is 0.283 e. The van der Waals surface area contributed by atoms with Gasteiger partial charge in [0.15, 0.2) is 12.3 Å².